The molecule has 1 aliphatic rings. The third-order valence-corrected chi connectivity index (χ3v) is 6.12. The zero-order valence-corrected chi connectivity index (χ0v) is 16.8. The van der Waals surface area contributed by atoms with Crippen molar-refractivity contribution in [3.63, 3.8) is 0 Å². The molecule has 0 atom stereocenters. The van der Waals surface area contributed by atoms with Crippen LogP contribution in [0.5, 0.6) is 11.8 Å². The molecule has 29 heavy (non-hydrogen) atoms. The summed E-state index contributed by atoms with van der Waals surface area (Å²) in [6.07, 6.45) is 4.07. The van der Waals surface area contributed by atoms with Crippen molar-refractivity contribution in [1.82, 2.24) is 14.5 Å². The minimum absolute atomic E-state index is 0.219. The molecule has 6 nitrogen and oxygen atoms in total. The number of hydrogen-bond donors (Lipinski definition) is 2. The van der Waals surface area contributed by atoms with Gasteiger partial charge in [-0.2, -0.15) is 0 Å². The first-order valence-corrected chi connectivity index (χ1v) is 9.91. The quantitative estimate of drug-likeness (QED) is 0.525. The SMILES string of the molecule is COc1ccc(-c2cccc3c(N)c4c(O)n(C5CC(C)C5)cc4nc23)c(C)n1. The first kappa shape index (κ1) is 17.8. The smallest absolute Gasteiger partial charge is 0.213 e. The van der Waals surface area contributed by atoms with Crippen LogP contribution in [0.1, 0.15) is 31.5 Å². The van der Waals surface area contributed by atoms with Crippen LogP contribution in [0.25, 0.3) is 32.9 Å². The number of aromatic nitrogens is 3. The highest BCUT2D eigenvalue weighted by Gasteiger charge is 2.30. The van der Waals surface area contributed by atoms with Gasteiger partial charge in [0.1, 0.15) is 0 Å². The van der Waals surface area contributed by atoms with Crippen LogP contribution in [-0.4, -0.2) is 26.8 Å². The Labute approximate surface area is 169 Å². The van der Waals surface area contributed by atoms with E-state index in [9.17, 15) is 5.11 Å². The van der Waals surface area contributed by atoms with Crippen LogP contribution in [0.3, 0.4) is 0 Å². The van der Waals surface area contributed by atoms with E-state index in [1.54, 1.807) is 7.11 Å². The summed E-state index contributed by atoms with van der Waals surface area (Å²) in [6.45, 7) is 4.19. The largest absolute Gasteiger partial charge is 0.494 e. The van der Waals surface area contributed by atoms with Gasteiger partial charge in [0.25, 0.3) is 0 Å². The number of para-hydroxylation sites is 1. The summed E-state index contributed by atoms with van der Waals surface area (Å²) in [6, 6.07) is 10.1. The second kappa shape index (κ2) is 6.37. The Kier molecular flexibility index (Phi) is 3.91. The van der Waals surface area contributed by atoms with E-state index in [1.807, 2.05) is 48.0 Å². The van der Waals surface area contributed by atoms with Crippen LogP contribution in [0.15, 0.2) is 36.5 Å². The first-order valence-electron chi connectivity index (χ1n) is 9.91. The van der Waals surface area contributed by atoms with Gasteiger partial charge >= 0.3 is 0 Å². The second-order valence-electron chi connectivity index (χ2n) is 8.06. The van der Waals surface area contributed by atoms with Crippen LogP contribution in [0, 0.1) is 12.8 Å². The van der Waals surface area contributed by atoms with E-state index in [4.69, 9.17) is 15.5 Å². The van der Waals surface area contributed by atoms with E-state index in [2.05, 4.69) is 11.9 Å². The average molecular weight is 388 g/mol. The van der Waals surface area contributed by atoms with Gasteiger partial charge in [-0.05, 0) is 31.7 Å². The molecule has 6 heteroatoms. The summed E-state index contributed by atoms with van der Waals surface area (Å²) in [7, 11) is 1.61. The Balaban J connectivity index is 1.74. The molecule has 3 N–H and O–H groups in total. The van der Waals surface area contributed by atoms with Crippen molar-refractivity contribution >= 4 is 27.5 Å². The fourth-order valence-corrected chi connectivity index (χ4v) is 4.50. The Bertz CT molecular complexity index is 1260. The summed E-state index contributed by atoms with van der Waals surface area (Å²) in [5.74, 6) is 1.49. The maximum Gasteiger partial charge on any atom is 0.213 e. The number of rotatable bonds is 3. The van der Waals surface area contributed by atoms with Gasteiger partial charge < -0.3 is 20.1 Å². The number of methoxy groups -OCH3 is 1. The molecular weight excluding hydrogens is 364 g/mol. The molecule has 5 rings (SSSR count). The fourth-order valence-electron chi connectivity index (χ4n) is 4.50. The maximum absolute atomic E-state index is 10.9. The highest BCUT2D eigenvalue weighted by Crippen LogP contribution is 2.45. The molecule has 1 aromatic carbocycles. The van der Waals surface area contributed by atoms with Gasteiger partial charge in [-0.25, -0.2) is 9.97 Å². The van der Waals surface area contributed by atoms with Gasteiger partial charge in [-0.15, -0.1) is 0 Å². The molecule has 148 valence electrons. The highest BCUT2D eigenvalue weighted by atomic mass is 16.5. The van der Waals surface area contributed by atoms with Crippen LogP contribution >= 0.6 is 0 Å². The molecule has 3 aromatic heterocycles. The number of anilines is 1. The number of hydrogen-bond acceptors (Lipinski definition) is 5. The Morgan fingerprint density at radius 2 is 1.93 bits per heavy atom. The highest BCUT2D eigenvalue weighted by molar-refractivity contribution is 6.12. The van der Waals surface area contributed by atoms with Gasteiger partial charge in [0, 0.05) is 40.5 Å². The van der Waals surface area contributed by atoms with Crippen molar-refractivity contribution in [2.45, 2.75) is 32.7 Å². The number of ether oxygens (including phenoxy) is 1. The van der Waals surface area contributed by atoms with E-state index in [0.29, 0.717) is 28.9 Å². The number of nitrogen functional groups attached to an aromatic ring is 1. The molecular formula is C23H24N4O2. The lowest BCUT2D eigenvalue weighted by Gasteiger charge is -2.34. The average Bonchev–Trinajstić information content (AvgIpc) is 3.01. The summed E-state index contributed by atoms with van der Waals surface area (Å²) >= 11 is 0. The third-order valence-electron chi connectivity index (χ3n) is 6.12. The summed E-state index contributed by atoms with van der Waals surface area (Å²) in [4.78, 5) is 9.42. The van der Waals surface area contributed by atoms with Crippen molar-refractivity contribution in [3.05, 3.63) is 42.2 Å². The zero-order chi connectivity index (χ0) is 20.3. The maximum atomic E-state index is 10.9. The number of pyridine rings is 2. The van der Waals surface area contributed by atoms with Crippen molar-refractivity contribution in [3.8, 4) is 22.9 Å². The molecule has 1 fully saturated rings. The number of nitrogens with two attached hydrogens (primary N) is 1. The molecule has 0 saturated heterocycles. The molecule has 0 amide bonds. The lowest BCUT2D eigenvalue weighted by molar-refractivity contribution is 0.202. The predicted octanol–water partition coefficient (Wildman–Crippen LogP) is 4.83. The molecule has 1 saturated carbocycles. The molecule has 4 aromatic rings. The molecule has 0 unspecified atom stereocenters. The Hall–Kier alpha value is -3.28. The predicted molar refractivity (Wildman–Crippen MR) is 115 cm³/mol. The van der Waals surface area contributed by atoms with Crippen LogP contribution < -0.4 is 10.5 Å². The summed E-state index contributed by atoms with van der Waals surface area (Å²) < 4.78 is 7.17. The molecule has 1 aliphatic carbocycles. The molecule has 0 aliphatic heterocycles. The van der Waals surface area contributed by atoms with Gasteiger partial charge in [0.2, 0.25) is 11.8 Å². The van der Waals surface area contributed by atoms with Crippen molar-refractivity contribution < 1.29 is 9.84 Å². The normalized spacial score (nSPS) is 18.9. The third kappa shape index (κ3) is 2.63. The van der Waals surface area contributed by atoms with Crippen molar-refractivity contribution in [1.29, 1.82) is 0 Å². The lowest BCUT2D eigenvalue weighted by atomic mass is 9.82. The number of fused-ring (bicyclic) bond motifs is 2. The van der Waals surface area contributed by atoms with Gasteiger partial charge in [-0.3, -0.25) is 0 Å². The van der Waals surface area contributed by atoms with Crippen LogP contribution in [0.2, 0.25) is 0 Å². The van der Waals surface area contributed by atoms with E-state index >= 15 is 0 Å². The monoisotopic (exact) mass is 388 g/mol. The first-order chi connectivity index (χ1) is 14.0. The number of aromatic hydroxyl groups is 1. The van der Waals surface area contributed by atoms with E-state index in [-0.39, 0.29) is 5.88 Å². The molecule has 0 radical (unpaired) electrons. The Morgan fingerprint density at radius 1 is 1.14 bits per heavy atom. The zero-order valence-electron chi connectivity index (χ0n) is 16.8. The standard InChI is InChI=1S/C23H24N4O2/c1-12-9-14(10-12)27-11-18-20(23(27)28)21(24)17-6-4-5-16(22(17)26-18)15-7-8-19(29-3)25-13(15)2/h4-8,11-12,14,28H,9-10,24H2,1-3H3. The topological polar surface area (TPSA) is 86.2 Å². The van der Waals surface area contributed by atoms with E-state index in [0.717, 1.165) is 46.1 Å². The molecule has 3 heterocycles. The van der Waals surface area contributed by atoms with Crippen LogP contribution in [-0.2, 0) is 0 Å². The Morgan fingerprint density at radius 3 is 2.62 bits per heavy atom. The molecule has 0 spiro atoms. The minimum atomic E-state index is 0.219. The molecule has 0 bridgehead atoms. The van der Waals surface area contributed by atoms with Gasteiger partial charge in [0.15, 0.2) is 0 Å². The number of benzene rings is 1. The minimum Gasteiger partial charge on any atom is -0.494 e. The van der Waals surface area contributed by atoms with Crippen LogP contribution in [0.4, 0.5) is 5.69 Å². The van der Waals surface area contributed by atoms with Crippen molar-refractivity contribution in [2.24, 2.45) is 5.92 Å². The van der Waals surface area contributed by atoms with Crippen molar-refractivity contribution in [2.75, 3.05) is 12.8 Å². The summed E-state index contributed by atoms with van der Waals surface area (Å²) in [5.41, 5.74) is 11.4. The van der Waals surface area contributed by atoms with Gasteiger partial charge in [-0.1, -0.05) is 25.1 Å². The fraction of sp³-hybridized carbons (Fsp3) is 0.304. The van der Waals surface area contributed by atoms with E-state index in [1.165, 1.54) is 0 Å². The van der Waals surface area contributed by atoms with Gasteiger partial charge in [0.05, 0.1) is 29.2 Å². The van der Waals surface area contributed by atoms with E-state index < -0.39 is 0 Å². The number of nitrogens with zero attached hydrogens (tertiary/aromatic N) is 3. The number of aryl methyl sites for hydroxylation is 1. The second-order valence-corrected chi connectivity index (χ2v) is 8.06. The summed E-state index contributed by atoms with van der Waals surface area (Å²) in [5, 5.41) is 12.3. The lowest BCUT2D eigenvalue weighted by Crippen LogP contribution is -2.23.